The summed E-state index contributed by atoms with van der Waals surface area (Å²) in [5.41, 5.74) is 1.99. The van der Waals surface area contributed by atoms with Crippen LogP contribution >= 0.6 is 27.5 Å². The molecule has 2 rings (SSSR count). The highest BCUT2D eigenvalue weighted by Gasteiger charge is 2.16. The van der Waals surface area contributed by atoms with Crippen LogP contribution in [-0.2, 0) is 6.42 Å². The van der Waals surface area contributed by atoms with Gasteiger partial charge in [-0.3, -0.25) is 0 Å². The zero-order chi connectivity index (χ0) is 13.1. The van der Waals surface area contributed by atoms with E-state index in [1.165, 1.54) is 6.07 Å². The molecule has 2 aromatic rings. The normalized spacial score (nSPS) is 12.7. The van der Waals surface area contributed by atoms with Crippen LogP contribution in [0.5, 0.6) is 0 Å². The molecule has 1 aromatic heterocycles. The van der Waals surface area contributed by atoms with E-state index in [9.17, 15) is 4.39 Å². The van der Waals surface area contributed by atoms with E-state index >= 15 is 0 Å². The monoisotopic (exact) mass is 331 g/mol. The van der Waals surface area contributed by atoms with Gasteiger partial charge in [0.05, 0.1) is 11.3 Å². The second kappa shape index (κ2) is 5.87. The van der Waals surface area contributed by atoms with Crippen LogP contribution in [0.4, 0.5) is 4.39 Å². The van der Waals surface area contributed by atoms with Crippen LogP contribution in [0.25, 0.3) is 0 Å². The number of hydrogen-bond acceptors (Lipinski definition) is 2. The van der Waals surface area contributed by atoms with Crippen LogP contribution in [0.3, 0.4) is 0 Å². The van der Waals surface area contributed by atoms with Crippen molar-refractivity contribution in [3.8, 4) is 0 Å². The Morgan fingerprint density at radius 2 is 2.22 bits per heavy atom. The van der Waals surface area contributed by atoms with Crippen molar-refractivity contribution >= 4 is 27.5 Å². The van der Waals surface area contributed by atoms with Crippen molar-refractivity contribution in [2.45, 2.75) is 12.5 Å². The number of nitrogens with one attached hydrogen (secondary N) is 1. The molecule has 96 valence electrons. The highest BCUT2D eigenvalue weighted by atomic mass is 79.9. The van der Waals surface area contributed by atoms with Crippen molar-refractivity contribution in [1.82, 2.24) is 5.32 Å². The van der Waals surface area contributed by atoms with Gasteiger partial charge in [0.1, 0.15) is 5.82 Å². The first-order valence-corrected chi connectivity index (χ1v) is 6.63. The van der Waals surface area contributed by atoms with Gasteiger partial charge in [-0.1, -0.05) is 17.7 Å². The lowest BCUT2D eigenvalue weighted by atomic mass is 10.0. The maximum atomic E-state index is 13.1. The summed E-state index contributed by atoms with van der Waals surface area (Å²) in [5, 5.41) is 3.35. The van der Waals surface area contributed by atoms with Gasteiger partial charge in [0.15, 0.2) is 4.67 Å². The maximum Gasteiger partial charge on any atom is 0.173 e. The fraction of sp³-hybridized carbons (Fsp3) is 0.231. The molecule has 0 fully saturated rings. The van der Waals surface area contributed by atoms with E-state index in [0.717, 1.165) is 11.1 Å². The fourth-order valence-electron chi connectivity index (χ4n) is 1.82. The Morgan fingerprint density at radius 3 is 2.78 bits per heavy atom. The molecule has 0 spiro atoms. The number of likely N-dealkylation sites (N-methyl/N-ethyl adjacent to an activating group) is 1. The molecule has 1 N–H and O–H groups in total. The molecular formula is C13H12BrClFNO. The molecule has 0 radical (unpaired) electrons. The van der Waals surface area contributed by atoms with Crippen molar-refractivity contribution in [2.24, 2.45) is 0 Å². The Labute approximate surface area is 118 Å². The average molecular weight is 333 g/mol. The summed E-state index contributed by atoms with van der Waals surface area (Å²) in [6, 6.07) is 6.75. The number of halogens is 3. The van der Waals surface area contributed by atoms with E-state index < -0.39 is 5.82 Å². The van der Waals surface area contributed by atoms with Crippen LogP contribution in [0.15, 0.2) is 39.6 Å². The van der Waals surface area contributed by atoms with Crippen LogP contribution in [0.1, 0.15) is 17.2 Å². The summed E-state index contributed by atoms with van der Waals surface area (Å²) < 4.78 is 19.0. The second-order valence-electron chi connectivity index (χ2n) is 3.94. The summed E-state index contributed by atoms with van der Waals surface area (Å²) in [6.45, 7) is 0. The SMILES string of the molecule is CNC(Cc1ccc(F)c(Cl)c1)c1ccoc1Br. The van der Waals surface area contributed by atoms with Crippen molar-refractivity contribution < 1.29 is 8.81 Å². The first-order chi connectivity index (χ1) is 8.61. The first-order valence-electron chi connectivity index (χ1n) is 5.46. The van der Waals surface area contributed by atoms with Crippen molar-refractivity contribution in [1.29, 1.82) is 0 Å². The minimum Gasteiger partial charge on any atom is -0.457 e. The van der Waals surface area contributed by atoms with E-state index in [0.29, 0.717) is 11.1 Å². The molecule has 1 unspecified atom stereocenters. The third-order valence-electron chi connectivity index (χ3n) is 2.79. The third-order valence-corrected chi connectivity index (χ3v) is 3.73. The van der Waals surface area contributed by atoms with Crippen LogP contribution < -0.4 is 5.32 Å². The van der Waals surface area contributed by atoms with Gasteiger partial charge in [-0.2, -0.15) is 0 Å². The van der Waals surface area contributed by atoms with Gasteiger partial charge in [-0.05, 0) is 53.2 Å². The van der Waals surface area contributed by atoms with Crippen molar-refractivity contribution in [3.05, 3.63) is 57.2 Å². The van der Waals surface area contributed by atoms with E-state index in [1.54, 1.807) is 18.4 Å². The lowest BCUT2D eigenvalue weighted by molar-refractivity contribution is 0.518. The molecule has 0 aliphatic rings. The van der Waals surface area contributed by atoms with E-state index in [-0.39, 0.29) is 11.1 Å². The molecule has 0 bridgehead atoms. The van der Waals surface area contributed by atoms with Crippen LogP contribution in [0, 0.1) is 5.82 Å². The molecule has 18 heavy (non-hydrogen) atoms. The smallest absolute Gasteiger partial charge is 0.173 e. The molecule has 1 aromatic carbocycles. The summed E-state index contributed by atoms with van der Waals surface area (Å²) in [7, 11) is 1.87. The molecule has 0 saturated carbocycles. The van der Waals surface area contributed by atoms with Gasteiger partial charge in [0, 0.05) is 11.6 Å². The highest BCUT2D eigenvalue weighted by molar-refractivity contribution is 9.10. The number of furan rings is 1. The third kappa shape index (κ3) is 2.94. The molecule has 0 aliphatic heterocycles. The standard InChI is InChI=1S/C13H12BrClFNO/c1-17-12(9-4-5-18-13(9)14)7-8-2-3-11(16)10(15)6-8/h2-6,12,17H,7H2,1H3. The van der Waals surface area contributed by atoms with Gasteiger partial charge >= 0.3 is 0 Å². The summed E-state index contributed by atoms with van der Waals surface area (Å²) in [4.78, 5) is 0. The fourth-order valence-corrected chi connectivity index (χ4v) is 2.54. The van der Waals surface area contributed by atoms with Gasteiger partial charge < -0.3 is 9.73 Å². The summed E-state index contributed by atoms with van der Waals surface area (Å²) in [6.07, 6.45) is 2.33. The topological polar surface area (TPSA) is 25.2 Å². The molecule has 0 aliphatic carbocycles. The summed E-state index contributed by atoms with van der Waals surface area (Å²) in [5.74, 6) is -0.397. The lowest BCUT2D eigenvalue weighted by Gasteiger charge is -2.15. The zero-order valence-electron chi connectivity index (χ0n) is 9.71. The quantitative estimate of drug-likeness (QED) is 0.901. The minimum absolute atomic E-state index is 0.0830. The van der Waals surface area contributed by atoms with Crippen molar-refractivity contribution in [2.75, 3.05) is 7.05 Å². The van der Waals surface area contributed by atoms with E-state index in [4.69, 9.17) is 16.0 Å². The minimum atomic E-state index is -0.397. The average Bonchev–Trinajstić information content (AvgIpc) is 2.77. The number of benzene rings is 1. The largest absolute Gasteiger partial charge is 0.457 e. The molecule has 5 heteroatoms. The van der Waals surface area contributed by atoms with Gasteiger partial charge in [0.25, 0.3) is 0 Å². The molecular weight excluding hydrogens is 321 g/mol. The van der Waals surface area contributed by atoms with Gasteiger partial charge in [0.2, 0.25) is 0 Å². The van der Waals surface area contributed by atoms with E-state index in [1.807, 2.05) is 13.1 Å². The second-order valence-corrected chi connectivity index (χ2v) is 5.07. The highest BCUT2D eigenvalue weighted by Crippen LogP contribution is 2.28. The Bertz CT molecular complexity index is 544. The van der Waals surface area contributed by atoms with Gasteiger partial charge in [-0.15, -0.1) is 0 Å². The maximum absolute atomic E-state index is 13.1. The molecule has 1 atom stereocenters. The Balaban J connectivity index is 2.20. The Kier molecular flexibility index (Phi) is 4.43. The van der Waals surface area contributed by atoms with E-state index in [2.05, 4.69) is 21.2 Å². The Morgan fingerprint density at radius 1 is 1.44 bits per heavy atom. The van der Waals surface area contributed by atoms with Crippen molar-refractivity contribution in [3.63, 3.8) is 0 Å². The summed E-state index contributed by atoms with van der Waals surface area (Å²) >= 11 is 9.13. The first kappa shape index (κ1) is 13.6. The molecule has 2 nitrogen and oxygen atoms in total. The number of rotatable bonds is 4. The van der Waals surface area contributed by atoms with Gasteiger partial charge in [-0.25, -0.2) is 4.39 Å². The molecule has 0 saturated heterocycles. The van der Waals surface area contributed by atoms with Crippen LogP contribution in [0.2, 0.25) is 5.02 Å². The predicted octanol–water partition coefficient (Wildman–Crippen LogP) is 4.34. The Hall–Kier alpha value is -0.840. The molecule has 0 amide bonds. The zero-order valence-corrected chi connectivity index (χ0v) is 12.1. The predicted molar refractivity (Wildman–Crippen MR) is 73.3 cm³/mol. The molecule has 1 heterocycles. The number of hydrogen-bond donors (Lipinski definition) is 1. The lowest BCUT2D eigenvalue weighted by Crippen LogP contribution is -2.18. The van der Waals surface area contributed by atoms with Crippen LogP contribution in [-0.4, -0.2) is 7.05 Å².